The van der Waals surface area contributed by atoms with Gasteiger partial charge in [-0.2, -0.15) is 0 Å². The summed E-state index contributed by atoms with van der Waals surface area (Å²) >= 11 is 0. The van der Waals surface area contributed by atoms with Gasteiger partial charge in [0.15, 0.2) is 5.60 Å². The van der Waals surface area contributed by atoms with E-state index in [1.807, 2.05) is 13.0 Å². The Kier molecular flexibility index (Phi) is 4.19. The van der Waals surface area contributed by atoms with E-state index in [0.717, 1.165) is 0 Å². The molecule has 0 bridgehead atoms. The molecule has 0 aliphatic rings. The van der Waals surface area contributed by atoms with Crippen LogP contribution in [-0.4, -0.2) is 22.7 Å². The highest BCUT2D eigenvalue weighted by Crippen LogP contribution is 2.24. The minimum Gasteiger partial charge on any atom is -0.479 e. The molecule has 0 saturated carbocycles. The van der Waals surface area contributed by atoms with Crippen molar-refractivity contribution in [3.05, 3.63) is 42.2 Å². The van der Waals surface area contributed by atoms with E-state index in [9.17, 15) is 9.90 Å². The first-order valence-electron chi connectivity index (χ1n) is 5.00. The van der Waals surface area contributed by atoms with Crippen molar-refractivity contribution < 1.29 is 14.6 Å². The van der Waals surface area contributed by atoms with Crippen LogP contribution in [0.5, 0.6) is 0 Å². The molecule has 0 fully saturated rings. The van der Waals surface area contributed by atoms with Gasteiger partial charge in [0.05, 0.1) is 6.61 Å². The molecule has 1 aromatic heterocycles. The van der Waals surface area contributed by atoms with Gasteiger partial charge in [-0.05, 0) is 19.9 Å². The normalized spacial score (nSPS) is 14.9. The van der Waals surface area contributed by atoms with E-state index in [0.29, 0.717) is 5.56 Å². The third kappa shape index (κ3) is 2.67. The van der Waals surface area contributed by atoms with Gasteiger partial charge in [-0.1, -0.05) is 18.2 Å². The number of aromatic nitrogens is 1. The Labute approximate surface area is 94.6 Å². The first-order valence-corrected chi connectivity index (χ1v) is 5.00. The minimum atomic E-state index is -1.35. The number of carboxylic acids is 1. The van der Waals surface area contributed by atoms with Crippen molar-refractivity contribution in [3.63, 3.8) is 0 Å². The quantitative estimate of drug-likeness (QED) is 0.772. The van der Waals surface area contributed by atoms with Crippen LogP contribution in [-0.2, 0) is 15.1 Å². The summed E-state index contributed by atoms with van der Waals surface area (Å²) in [6, 6.07) is 3.38. The van der Waals surface area contributed by atoms with Gasteiger partial charge in [0, 0.05) is 18.0 Å². The Morgan fingerprint density at radius 3 is 2.94 bits per heavy atom. The summed E-state index contributed by atoms with van der Waals surface area (Å²) in [6.07, 6.45) is 6.67. The number of ether oxygens (including phenoxy) is 1. The van der Waals surface area contributed by atoms with Crippen molar-refractivity contribution in [3.8, 4) is 0 Å². The maximum Gasteiger partial charge on any atom is 0.340 e. The highest BCUT2D eigenvalue weighted by Gasteiger charge is 2.36. The fraction of sp³-hybridized carbons (Fsp3) is 0.333. The van der Waals surface area contributed by atoms with Crippen LogP contribution >= 0.6 is 0 Å². The highest BCUT2D eigenvalue weighted by atomic mass is 16.5. The zero-order valence-corrected chi connectivity index (χ0v) is 9.38. The van der Waals surface area contributed by atoms with E-state index >= 15 is 0 Å². The van der Waals surface area contributed by atoms with Crippen LogP contribution in [0.3, 0.4) is 0 Å². The Hall–Kier alpha value is -1.68. The number of pyridine rings is 1. The number of carbonyl (C=O) groups is 1. The van der Waals surface area contributed by atoms with Crippen molar-refractivity contribution in [2.24, 2.45) is 0 Å². The summed E-state index contributed by atoms with van der Waals surface area (Å²) in [5.74, 6) is -1.02. The van der Waals surface area contributed by atoms with Crippen LogP contribution in [0, 0.1) is 0 Å². The molecule has 1 heterocycles. The molecular weight excluding hydrogens is 206 g/mol. The third-order valence-corrected chi connectivity index (χ3v) is 2.32. The van der Waals surface area contributed by atoms with Crippen molar-refractivity contribution in [2.75, 3.05) is 6.61 Å². The Bertz CT molecular complexity index is 375. The van der Waals surface area contributed by atoms with Crippen molar-refractivity contribution in [2.45, 2.75) is 19.4 Å². The van der Waals surface area contributed by atoms with Gasteiger partial charge < -0.3 is 9.84 Å². The first-order chi connectivity index (χ1) is 7.61. The number of nitrogens with zero attached hydrogens (tertiary/aromatic N) is 1. The van der Waals surface area contributed by atoms with Gasteiger partial charge in [-0.15, -0.1) is 0 Å². The fourth-order valence-corrected chi connectivity index (χ4v) is 1.22. The van der Waals surface area contributed by atoms with Gasteiger partial charge in [-0.3, -0.25) is 4.98 Å². The molecule has 4 heteroatoms. The summed E-state index contributed by atoms with van der Waals surface area (Å²) in [6.45, 7) is 3.63. The molecule has 0 saturated heterocycles. The largest absolute Gasteiger partial charge is 0.479 e. The zero-order chi connectivity index (χ0) is 12.0. The smallest absolute Gasteiger partial charge is 0.340 e. The van der Waals surface area contributed by atoms with Gasteiger partial charge in [0.2, 0.25) is 0 Å². The molecule has 1 atom stereocenters. The van der Waals surface area contributed by atoms with Crippen LogP contribution < -0.4 is 0 Å². The molecular formula is C12H15NO3. The monoisotopic (exact) mass is 221 g/mol. The van der Waals surface area contributed by atoms with E-state index in [-0.39, 0.29) is 6.61 Å². The molecule has 1 N–H and O–H groups in total. The average Bonchev–Trinajstić information content (AvgIpc) is 2.30. The van der Waals surface area contributed by atoms with E-state index in [2.05, 4.69) is 4.98 Å². The Morgan fingerprint density at radius 1 is 1.69 bits per heavy atom. The number of hydrogen-bond acceptors (Lipinski definition) is 3. The number of aliphatic carboxylic acids is 1. The first kappa shape index (κ1) is 12.4. The molecule has 0 aromatic carbocycles. The van der Waals surface area contributed by atoms with E-state index in [1.54, 1.807) is 24.4 Å². The van der Waals surface area contributed by atoms with Crippen molar-refractivity contribution in [1.29, 1.82) is 0 Å². The number of hydrogen-bond donors (Lipinski definition) is 1. The van der Waals surface area contributed by atoms with Crippen molar-refractivity contribution >= 4 is 5.97 Å². The number of rotatable bonds is 5. The summed E-state index contributed by atoms with van der Waals surface area (Å²) in [5.41, 5.74) is -0.819. The second kappa shape index (κ2) is 5.42. The lowest BCUT2D eigenvalue weighted by Gasteiger charge is -2.24. The fourth-order valence-electron chi connectivity index (χ4n) is 1.22. The second-order valence-corrected chi connectivity index (χ2v) is 3.46. The topological polar surface area (TPSA) is 59.4 Å². The molecule has 1 aromatic rings. The molecule has 0 radical (unpaired) electrons. The molecule has 16 heavy (non-hydrogen) atoms. The summed E-state index contributed by atoms with van der Waals surface area (Å²) in [5, 5.41) is 9.21. The summed E-state index contributed by atoms with van der Waals surface area (Å²) < 4.78 is 5.39. The Morgan fingerprint density at radius 2 is 2.44 bits per heavy atom. The second-order valence-electron chi connectivity index (χ2n) is 3.46. The summed E-state index contributed by atoms with van der Waals surface area (Å²) in [4.78, 5) is 15.1. The predicted molar refractivity (Wildman–Crippen MR) is 60.0 cm³/mol. The zero-order valence-electron chi connectivity index (χ0n) is 9.38. The molecule has 0 aliphatic heterocycles. The van der Waals surface area contributed by atoms with Gasteiger partial charge in [0.25, 0.3) is 0 Å². The standard InChI is InChI=1S/C12H15NO3/c1-3-4-8-16-12(2,11(14)15)10-6-5-7-13-9-10/h3-7,9H,8H2,1-2H3,(H,14,15). The molecule has 0 spiro atoms. The minimum absolute atomic E-state index is 0.258. The number of allylic oxidation sites excluding steroid dienone is 1. The van der Waals surface area contributed by atoms with Crippen molar-refractivity contribution in [1.82, 2.24) is 4.98 Å². The lowest BCUT2D eigenvalue weighted by Crippen LogP contribution is -2.35. The van der Waals surface area contributed by atoms with Crippen LogP contribution in [0.25, 0.3) is 0 Å². The van der Waals surface area contributed by atoms with Crippen LogP contribution in [0.2, 0.25) is 0 Å². The SMILES string of the molecule is CC=CCOC(C)(C(=O)O)c1cccnc1. The van der Waals surface area contributed by atoms with E-state index in [1.165, 1.54) is 13.1 Å². The molecule has 0 amide bonds. The maximum absolute atomic E-state index is 11.2. The lowest BCUT2D eigenvalue weighted by atomic mass is 9.98. The van der Waals surface area contributed by atoms with Gasteiger partial charge in [-0.25, -0.2) is 4.79 Å². The maximum atomic E-state index is 11.2. The third-order valence-electron chi connectivity index (χ3n) is 2.32. The van der Waals surface area contributed by atoms with E-state index in [4.69, 9.17) is 4.74 Å². The van der Waals surface area contributed by atoms with Crippen LogP contribution in [0.1, 0.15) is 19.4 Å². The molecule has 4 nitrogen and oxygen atoms in total. The average molecular weight is 221 g/mol. The van der Waals surface area contributed by atoms with E-state index < -0.39 is 11.6 Å². The summed E-state index contributed by atoms with van der Waals surface area (Å²) in [7, 11) is 0. The number of carboxylic acid groups (broad SMARTS) is 1. The van der Waals surface area contributed by atoms with Gasteiger partial charge in [0.1, 0.15) is 0 Å². The molecule has 86 valence electrons. The predicted octanol–water partition coefficient (Wildman–Crippen LogP) is 1.97. The highest BCUT2D eigenvalue weighted by molar-refractivity contribution is 5.78. The molecule has 1 rings (SSSR count). The Balaban J connectivity index is 2.93. The van der Waals surface area contributed by atoms with Gasteiger partial charge >= 0.3 is 5.97 Å². The van der Waals surface area contributed by atoms with Crippen LogP contribution in [0.15, 0.2) is 36.7 Å². The van der Waals surface area contributed by atoms with Crippen LogP contribution in [0.4, 0.5) is 0 Å². The molecule has 0 aliphatic carbocycles. The molecule has 1 unspecified atom stereocenters. The lowest BCUT2D eigenvalue weighted by molar-refractivity contribution is -0.163.